The molecule has 0 aliphatic heterocycles. The second-order valence-electron chi connectivity index (χ2n) is 14.6. The summed E-state index contributed by atoms with van der Waals surface area (Å²) in [6, 6.07) is 65.3. The van der Waals surface area contributed by atoms with Gasteiger partial charge in [0.05, 0.1) is 11.4 Å². The Morgan fingerprint density at radius 3 is 1.66 bits per heavy atom. The molecule has 1 aliphatic carbocycles. The predicted octanol–water partition coefficient (Wildman–Crippen LogP) is 13.4. The molecule has 0 radical (unpaired) electrons. The highest BCUT2D eigenvalue weighted by Gasteiger charge is 2.36. The molecule has 0 spiro atoms. The van der Waals surface area contributed by atoms with E-state index in [-0.39, 0.29) is 5.41 Å². The maximum absolute atomic E-state index is 5.26. The van der Waals surface area contributed by atoms with Gasteiger partial charge in [-0.15, -0.1) is 0 Å². The minimum atomic E-state index is -0.106. The van der Waals surface area contributed by atoms with Crippen molar-refractivity contribution in [1.29, 1.82) is 0 Å². The number of hydrogen-bond acceptors (Lipinski definition) is 2. The van der Waals surface area contributed by atoms with Crippen LogP contribution in [0.1, 0.15) is 25.0 Å². The maximum Gasteiger partial charge on any atom is 0.160 e. The summed E-state index contributed by atoms with van der Waals surface area (Å²) in [6.07, 6.45) is 0. The first-order chi connectivity index (χ1) is 26.0. The predicted molar refractivity (Wildman–Crippen MR) is 222 cm³/mol. The van der Waals surface area contributed by atoms with Crippen molar-refractivity contribution in [1.82, 2.24) is 9.97 Å². The summed E-state index contributed by atoms with van der Waals surface area (Å²) in [5.74, 6) is 0.710. The van der Waals surface area contributed by atoms with Crippen molar-refractivity contribution >= 4 is 21.5 Å². The zero-order valence-electron chi connectivity index (χ0n) is 29.7. The zero-order valence-corrected chi connectivity index (χ0v) is 29.7. The number of hydrogen-bond donors (Lipinski definition) is 0. The van der Waals surface area contributed by atoms with Crippen LogP contribution in [0.3, 0.4) is 0 Å². The molecule has 53 heavy (non-hydrogen) atoms. The Morgan fingerprint density at radius 1 is 0.358 bits per heavy atom. The Bertz CT molecular complexity index is 2830. The van der Waals surface area contributed by atoms with E-state index in [0.29, 0.717) is 5.82 Å². The Kier molecular flexibility index (Phi) is 7.19. The second-order valence-corrected chi connectivity index (χ2v) is 14.6. The third-order valence-electron chi connectivity index (χ3n) is 11.1. The lowest BCUT2D eigenvalue weighted by molar-refractivity contribution is 0.661. The first-order valence-corrected chi connectivity index (χ1v) is 18.3. The standard InChI is InChI=1S/C51H36N2/c1-51(2)45-30-26-35-15-9-10-18-40(35)49(45)44-27-25-38(31-46(44)51)39-28-29-43(42-20-12-11-19-41(39)42)48-32-47(36-16-7-4-8-17-36)52-50(53-48)37-23-21-34(22-24-37)33-13-5-3-6-14-33/h3-32H,1-2H3. The van der Waals surface area contributed by atoms with Gasteiger partial charge in [0.25, 0.3) is 0 Å². The van der Waals surface area contributed by atoms with E-state index in [2.05, 4.69) is 184 Å². The van der Waals surface area contributed by atoms with Crippen LogP contribution < -0.4 is 0 Å². The van der Waals surface area contributed by atoms with Crippen molar-refractivity contribution in [2.45, 2.75) is 19.3 Å². The lowest BCUT2D eigenvalue weighted by Gasteiger charge is -2.22. The Balaban J connectivity index is 1.10. The van der Waals surface area contributed by atoms with Crippen LogP contribution in [-0.2, 0) is 5.41 Å². The van der Waals surface area contributed by atoms with Crippen LogP contribution in [-0.4, -0.2) is 9.97 Å². The monoisotopic (exact) mass is 676 g/mol. The zero-order chi connectivity index (χ0) is 35.5. The van der Waals surface area contributed by atoms with E-state index in [9.17, 15) is 0 Å². The fraction of sp³-hybridized carbons (Fsp3) is 0.0588. The molecular weight excluding hydrogens is 641 g/mol. The maximum atomic E-state index is 5.26. The van der Waals surface area contributed by atoms with Crippen LogP contribution >= 0.6 is 0 Å². The van der Waals surface area contributed by atoms with Gasteiger partial charge < -0.3 is 0 Å². The van der Waals surface area contributed by atoms with Gasteiger partial charge in [0.1, 0.15) is 0 Å². The van der Waals surface area contributed by atoms with Gasteiger partial charge in [-0.1, -0.05) is 184 Å². The molecule has 0 N–H and O–H groups in total. The molecule has 250 valence electrons. The molecule has 2 heteroatoms. The average molecular weight is 677 g/mol. The summed E-state index contributed by atoms with van der Waals surface area (Å²) >= 11 is 0. The third kappa shape index (κ3) is 5.18. The molecule has 0 fully saturated rings. The number of fused-ring (bicyclic) bond motifs is 6. The van der Waals surface area contributed by atoms with E-state index in [1.807, 2.05) is 12.1 Å². The minimum absolute atomic E-state index is 0.106. The largest absolute Gasteiger partial charge is 0.228 e. The van der Waals surface area contributed by atoms with Crippen LogP contribution in [0.15, 0.2) is 182 Å². The number of aromatic nitrogens is 2. The first kappa shape index (κ1) is 31.1. The topological polar surface area (TPSA) is 25.8 Å². The number of benzene rings is 8. The van der Waals surface area contributed by atoms with Gasteiger partial charge in [0.2, 0.25) is 0 Å². The van der Waals surface area contributed by atoms with Gasteiger partial charge in [-0.2, -0.15) is 0 Å². The first-order valence-electron chi connectivity index (χ1n) is 18.3. The van der Waals surface area contributed by atoms with Crippen molar-refractivity contribution in [3.05, 3.63) is 193 Å². The summed E-state index contributed by atoms with van der Waals surface area (Å²) in [4.78, 5) is 10.4. The fourth-order valence-corrected chi connectivity index (χ4v) is 8.36. The van der Waals surface area contributed by atoms with E-state index in [4.69, 9.17) is 9.97 Å². The van der Waals surface area contributed by atoms with Crippen LogP contribution in [0, 0.1) is 0 Å². The summed E-state index contributed by atoms with van der Waals surface area (Å²) < 4.78 is 0. The van der Waals surface area contributed by atoms with Crippen molar-refractivity contribution in [3.63, 3.8) is 0 Å². The highest BCUT2D eigenvalue weighted by atomic mass is 14.9. The van der Waals surface area contributed by atoms with Crippen LogP contribution in [0.2, 0.25) is 0 Å². The Labute approximate surface area is 310 Å². The summed E-state index contributed by atoms with van der Waals surface area (Å²) in [5.41, 5.74) is 15.1. The lowest BCUT2D eigenvalue weighted by atomic mass is 9.81. The van der Waals surface area contributed by atoms with Gasteiger partial charge in [-0.05, 0) is 78.2 Å². The van der Waals surface area contributed by atoms with E-state index >= 15 is 0 Å². The molecule has 1 aliphatic rings. The van der Waals surface area contributed by atoms with Crippen LogP contribution in [0.25, 0.3) is 88.8 Å². The smallest absolute Gasteiger partial charge is 0.160 e. The molecule has 2 nitrogen and oxygen atoms in total. The highest BCUT2D eigenvalue weighted by Crippen LogP contribution is 2.52. The molecule has 0 saturated heterocycles. The van der Waals surface area contributed by atoms with E-state index in [0.717, 1.165) is 28.1 Å². The third-order valence-corrected chi connectivity index (χ3v) is 11.1. The quantitative estimate of drug-likeness (QED) is 0.181. The lowest BCUT2D eigenvalue weighted by Crippen LogP contribution is -2.15. The van der Waals surface area contributed by atoms with Gasteiger partial charge in [-0.3, -0.25) is 0 Å². The summed E-state index contributed by atoms with van der Waals surface area (Å²) in [5, 5.41) is 4.98. The molecule has 0 atom stereocenters. The van der Waals surface area contributed by atoms with E-state index in [1.165, 1.54) is 66.1 Å². The Hall–Kier alpha value is -6.64. The van der Waals surface area contributed by atoms with Gasteiger partial charge in [0.15, 0.2) is 5.82 Å². The van der Waals surface area contributed by atoms with Crippen molar-refractivity contribution < 1.29 is 0 Å². The van der Waals surface area contributed by atoms with Gasteiger partial charge >= 0.3 is 0 Å². The summed E-state index contributed by atoms with van der Waals surface area (Å²) in [6.45, 7) is 4.73. The van der Waals surface area contributed by atoms with Crippen molar-refractivity contribution in [2.75, 3.05) is 0 Å². The van der Waals surface area contributed by atoms with Crippen LogP contribution in [0.5, 0.6) is 0 Å². The molecule has 0 amide bonds. The van der Waals surface area contributed by atoms with Crippen LogP contribution in [0.4, 0.5) is 0 Å². The SMILES string of the molecule is CC1(C)c2cc(-c3ccc(-c4cc(-c5ccccc5)nc(-c5ccc(-c6ccccc6)cc5)n4)c4ccccc34)ccc2-c2c1ccc1ccccc21. The summed E-state index contributed by atoms with van der Waals surface area (Å²) in [7, 11) is 0. The van der Waals surface area contributed by atoms with Gasteiger partial charge in [0, 0.05) is 22.1 Å². The molecular formula is C51H36N2. The molecule has 1 heterocycles. The highest BCUT2D eigenvalue weighted by molar-refractivity contribution is 6.06. The molecule has 10 rings (SSSR count). The van der Waals surface area contributed by atoms with Gasteiger partial charge in [-0.25, -0.2) is 9.97 Å². The van der Waals surface area contributed by atoms with E-state index < -0.39 is 0 Å². The number of nitrogens with zero attached hydrogens (tertiary/aromatic N) is 2. The molecule has 9 aromatic rings. The minimum Gasteiger partial charge on any atom is -0.228 e. The molecule has 0 unspecified atom stereocenters. The Morgan fingerprint density at radius 2 is 0.906 bits per heavy atom. The van der Waals surface area contributed by atoms with Crippen molar-refractivity contribution in [3.8, 4) is 67.3 Å². The molecule has 0 bridgehead atoms. The van der Waals surface area contributed by atoms with E-state index in [1.54, 1.807) is 0 Å². The van der Waals surface area contributed by atoms with Crippen molar-refractivity contribution in [2.24, 2.45) is 0 Å². The molecule has 0 saturated carbocycles. The average Bonchev–Trinajstić information content (AvgIpc) is 3.46. The fourth-order valence-electron chi connectivity index (χ4n) is 8.36. The number of rotatable bonds is 5. The molecule has 1 aromatic heterocycles. The normalized spacial score (nSPS) is 12.9. The molecule has 8 aromatic carbocycles. The second kappa shape index (κ2) is 12.3.